The van der Waals surface area contributed by atoms with Gasteiger partial charge in [0.15, 0.2) is 5.69 Å². The van der Waals surface area contributed by atoms with Gasteiger partial charge in [-0.2, -0.15) is 15.4 Å². The van der Waals surface area contributed by atoms with Gasteiger partial charge >= 0.3 is 0 Å². The van der Waals surface area contributed by atoms with E-state index in [2.05, 4.69) is 25.7 Å². The van der Waals surface area contributed by atoms with Gasteiger partial charge < -0.3 is 5.32 Å². The fourth-order valence-electron chi connectivity index (χ4n) is 1.78. The zero-order valence-electron chi connectivity index (χ0n) is 10.6. The summed E-state index contributed by atoms with van der Waals surface area (Å²) < 4.78 is 0. The number of carbonyl (C=O) groups is 1. The fraction of sp³-hybridized carbons (Fsp3) is 0.333. The van der Waals surface area contributed by atoms with Crippen molar-refractivity contribution >= 4 is 5.91 Å². The van der Waals surface area contributed by atoms with Crippen LogP contribution >= 0.6 is 0 Å². The Labute approximate surface area is 105 Å². The molecule has 1 unspecified atom stereocenters. The van der Waals surface area contributed by atoms with E-state index >= 15 is 0 Å². The van der Waals surface area contributed by atoms with Gasteiger partial charge in [0.1, 0.15) is 0 Å². The summed E-state index contributed by atoms with van der Waals surface area (Å²) in [7, 11) is 0. The quantitative estimate of drug-likeness (QED) is 0.854. The third-order valence-corrected chi connectivity index (χ3v) is 2.74. The molecule has 2 aromatic heterocycles. The zero-order valence-corrected chi connectivity index (χ0v) is 10.6. The lowest BCUT2D eigenvalue weighted by atomic mass is 10.1. The van der Waals surface area contributed by atoms with Gasteiger partial charge in [0.25, 0.3) is 5.91 Å². The number of hydrogen-bond donors (Lipinski definition) is 2. The molecule has 0 spiro atoms. The first-order valence-corrected chi connectivity index (χ1v) is 5.69. The van der Waals surface area contributed by atoms with Crippen LogP contribution in [0.5, 0.6) is 0 Å². The van der Waals surface area contributed by atoms with Crippen molar-refractivity contribution < 1.29 is 4.79 Å². The molecule has 0 saturated carbocycles. The van der Waals surface area contributed by atoms with Crippen LogP contribution in [0.25, 0.3) is 0 Å². The molecule has 0 aromatic carbocycles. The van der Waals surface area contributed by atoms with E-state index < -0.39 is 0 Å². The van der Waals surface area contributed by atoms with Gasteiger partial charge in [-0.15, -0.1) is 0 Å². The van der Waals surface area contributed by atoms with E-state index in [1.54, 1.807) is 13.1 Å². The number of hydrogen-bond acceptors (Lipinski definition) is 4. The number of carbonyl (C=O) groups excluding carboxylic acids is 1. The molecule has 0 aliphatic carbocycles. The summed E-state index contributed by atoms with van der Waals surface area (Å²) in [5.74, 6) is -0.251. The standard InChI is InChI=1S/C12H15N5O/c1-7-5-4-6-13-10(7)8(2)14-12(18)11-9(3)15-17-16-11/h4-6,8H,1-3H3,(H,14,18)(H,15,16,17). The van der Waals surface area contributed by atoms with Crippen LogP contribution in [-0.2, 0) is 0 Å². The predicted octanol–water partition coefficient (Wildman–Crippen LogP) is 1.31. The summed E-state index contributed by atoms with van der Waals surface area (Å²) in [6.45, 7) is 5.59. The first-order valence-electron chi connectivity index (χ1n) is 5.69. The highest BCUT2D eigenvalue weighted by Crippen LogP contribution is 2.14. The van der Waals surface area contributed by atoms with Crippen LogP contribution in [0.3, 0.4) is 0 Å². The number of aromatic amines is 1. The maximum atomic E-state index is 12.0. The van der Waals surface area contributed by atoms with Gasteiger partial charge in [-0.05, 0) is 32.4 Å². The Bertz CT molecular complexity index is 563. The monoisotopic (exact) mass is 245 g/mol. The highest BCUT2D eigenvalue weighted by Gasteiger charge is 2.17. The summed E-state index contributed by atoms with van der Waals surface area (Å²) in [5, 5.41) is 12.9. The average molecular weight is 245 g/mol. The van der Waals surface area contributed by atoms with Crippen molar-refractivity contribution in [2.24, 2.45) is 0 Å². The van der Waals surface area contributed by atoms with Crippen molar-refractivity contribution in [3.63, 3.8) is 0 Å². The van der Waals surface area contributed by atoms with E-state index in [0.717, 1.165) is 11.3 Å². The van der Waals surface area contributed by atoms with E-state index in [1.807, 2.05) is 26.0 Å². The number of amides is 1. The molecule has 2 rings (SSSR count). The molecule has 1 atom stereocenters. The lowest BCUT2D eigenvalue weighted by Crippen LogP contribution is -2.28. The van der Waals surface area contributed by atoms with Crippen LogP contribution in [0.4, 0.5) is 0 Å². The topological polar surface area (TPSA) is 83.6 Å². The van der Waals surface area contributed by atoms with Crippen molar-refractivity contribution in [3.8, 4) is 0 Å². The molecule has 2 heterocycles. The summed E-state index contributed by atoms with van der Waals surface area (Å²) in [6.07, 6.45) is 1.71. The number of aryl methyl sites for hydroxylation is 2. The first-order chi connectivity index (χ1) is 8.59. The minimum atomic E-state index is -0.251. The van der Waals surface area contributed by atoms with Crippen molar-refractivity contribution in [1.29, 1.82) is 0 Å². The normalized spacial score (nSPS) is 12.2. The molecule has 1 amide bonds. The summed E-state index contributed by atoms with van der Waals surface area (Å²) in [5.41, 5.74) is 2.79. The van der Waals surface area contributed by atoms with Crippen LogP contribution in [0.1, 0.15) is 40.4 Å². The second-order valence-electron chi connectivity index (χ2n) is 4.16. The Morgan fingerprint density at radius 1 is 1.39 bits per heavy atom. The Morgan fingerprint density at radius 2 is 2.17 bits per heavy atom. The lowest BCUT2D eigenvalue weighted by molar-refractivity contribution is 0.0933. The molecular formula is C12H15N5O. The van der Waals surface area contributed by atoms with Crippen LogP contribution in [0.15, 0.2) is 18.3 Å². The van der Waals surface area contributed by atoms with Crippen molar-refractivity contribution in [2.45, 2.75) is 26.8 Å². The highest BCUT2D eigenvalue weighted by atomic mass is 16.2. The van der Waals surface area contributed by atoms with Crippen molar-refractivity contribution in [1.82, 2.24) is 25.7 Å². The number of aromatic nitrogens is 4. The van der Waals surface area contributed by atoms with E-state index in [1.165, 1.54) is 0 Å². The maximum absolute atomic E-state index is 12.0. The van der Waals surface area contributed by atoms with Gasteiger partial charge in [-0.1, -0.05) is 6.07 Å². The Kier molecular flexibility index (Phi) is 3.36. The van der Waals surface area contributed by atoms with Crippen molar-refractivity contribution in [3.05, 3.63) is 41.0 Å². The van der Waals surface area contributed by atoms with Gasteiger partial charge in [0, 0.05) is 6.20 Å². The Balaban J connectivity index is 2.13. The maximum Gasteiger partial charge on any atom is 0.274 e. The molecule has 0 aliphatic heterocycles. The molecule has 0 saturated heterocycles. The third kappa shape index (κ3) is 2.37. The molecule has 6 heteroatoms. The molecular weight excluding hydrogens is 230 g/mol. The summed E-state index contributed by atoms with van der Waals surface area (Å²) in [4.78, 5) is 16.2. The average Bonchev–Trinajstić information content (AvgIpc) is 2.76. The number of rotatable bonds is 3. The van der Waals surface area contributed by atoms with Crippen LogP contribution < -0.4 is 5.32 Å². The molecule has 2 aromatic rings. The second kappa shape index (κ2) is 4.95. The van der Waals surface area contributed by atoms with Gasteiger partial charge in [-0.25, -0.2) is 0 Å². The molecule has 0 bridgehead atoms. The number of nitrogens with zero attached hydrogens (tertiary/aromatic N) is 3. The molecule has 0 aliphatic rings. The molecule has 18 heavy (non-hydrogen) atoms. The number of nitrogens with one attached hydrogen (secondary N) is 2. The minimum absolute atomic E-state index is 0.171. The van der Waals surface area contributed by atoms with Gasteiger partial charge in [0.05, 0.1) is 17.4 Å². The summed E-state index contributed by atoms with van der Waals surface area (Å²) >= 11 is 0. The third-order valence-electron chi connectivity index (χ3n) is 2.74. The lowest BCUT2D eigenvalue weighted by Gasteiger charge is -2.14. The molecule has 2 N–H and O–H groups in total. The van der Waals surface area contributed by atoms with E-state index in [4.69, 9.17) is 0 Å². The van der Waals surface area contributed by atoms with E-state index in [0.29, 0.717) is 11.4 Å². The Morgan fingerprint density at radius 3 is 2.78 bits per heavy atom. The number of pyridine rings is 1. The predicted molar refractivity (Wildman–Crippen MR) is 66.0 cm³/mol. The molecule has 94 valence electrons. The van der Waals surface area contributed by atoms with E-state index in [-0.39, 0.29) is 11.9 Å². The molecule has 0 radical (unpaired) electrons. The minimum Gasteiger partial charge on any atom is -0.342 e. The largest absolute Gasteiger partial charge is 0.342 e. The second-order valence-corrected chi connectivity index (χ2v) is 4.16. The zero-order chi connectivity index (χ0) is 13.1. The van der Waals surface area contributed by atoms with Crippen LogP contribution in [0.2, 0.25) is 0 Å². The summed E-state index contributed by atoms with van der Waals surface area (Å²) in [6, 6.07) is 3.66. The van der Waals surface area contributed by atoms with Crippen molar-refractivity contribution in [2.75, 3.05) is 0 Å². The van der Waals surface area contributed by atoms with Crippen LogP contribution in [-0.4, -0.2) is 26.3 Å². The van der Waals surface area contributed by atoms with Gasteiger partial charge in [0.2, 0.25) is 0 Å². The Hall–Kier alpha value is -2.24. The SMILES string of the molecule is Cc1cccnc1C(C)NC(=O)c1n[nH]nc1C. The smallest absolute Gasteiger partial charge is 0.274 e. The highest BCUT2D eigenvalue weighted by molar-refractivity contribution is 5.93. The number of H-pyrrole nitrogens is 1. The van der Waals surface area contributed by atoms with Gasteiger partial charge in [-0.3, -0.25) is 9.78 Å². The molecule has 0 fully saturated rings. The van der Waals surface area contributed by atoms with E-state index in [9.17, 15) is 4.79 Å². The fourth-order valence-corrected chi connectivity index (χ4v) is 1.78. The molecule has 6 nitrogen and oxygen atoms in total. The van der Waals surface area contributed by atoms with Crippen LogP contribution in [0, 0.1) is 13.8 Å². The first kappa shape index (κ1) is 12.2.